The number of aromatic nitrogens is 1. The van der Waals surface area contributed by atoms with E-state index in [-0.39, 0.29) is 13.0 Å². The molecule has 2 heterocycles. The number of hydrogen-bond acceptors (Lipinski definition) is 6. The fraction of sp³-hybridized carbons (Fsp3) is 0.321. The van der Waals surface area contributed by atoms with Crippen LogP contribution in [-0.4, -0.2) is 53.4 Å². The fourth-order valence-corrected chi connectivity index (χ4v) is 4.14. The second-order valence-electron chi connectivity index (χ2n) is 8.64. The predicted molar refractivity (Wildman–Crippen MR) is 135 cm³/mol. The summed E-state index contributed by atoms with van der Waals surface area (Å²) >= 11 is 0. The first-order valence-electron chi connectivity index (χ1n) is 12.0. The monoisotopic (exact) mass is 490 g/mol. The summed E-state index contributed by atoms with van der Waals surface area (Å²) in [6.45, 7) is 5.10. The molecule has 1 aromatic heterocycles. The summed E-state index contributed by atoms with van der Waals surface area (Å²) in [7, 11) is 0. The van der Waals surface area contributed by atoms with Gasteiger partial charge in [0.05, 0.1) is 25.3 Å². The molecule has 0 radical (unpaired) electrons. The number of hydrogen-bond donors (Lipinski definition) is 1. The summed E-state index contributed by atoms with van der Waals surface area (Å²) in [5.41, 5.74) is 4.11. The summed E-state index contributed by atoms with van der Waals surface area (Å²) in [5.74, 6) is 1.07. The molecule has 0 aliphatic carbocycles. The smallest absolute Gasteiger partial charge is 0.410 e. The number of aliphatic carboxylic acids is 1. The van der Waals surface area contributed by atoms with Crippen molar-refractivity contribution in [3.05, 3.63) is 77.2 Å². The Morgan fingerprint density at radius 1 is 1.06 bits per heavy atom. The number of rotatable bonds is 10. The van der Waals surface area contributed by atoms with Gasteiger partial charge in [-0.3, -0.25) is 9.69 Å². The van der Waals surface area contributed by atoms with E-state index in [9.17, 15) is 14.7 Å². The van der Waals surface area contributed by atoms with Crippen LogP contribution in [0.15, 0.2) is 64.6 Å². The minimum absolute atomic E-state index is 0.132. The third kappa shape index (κ3) is 6.13. The molecule has 8 heteroatoms. The van der Waals surface area contributed by atoms with Gasteiger partial charge in [0.1, 0.15) is 11.5 Å². The summed E-state index contributed by atoms with van der Waals surface area (Å²) in [6.07, 6.45) is 0.742. The lowest BCUT2D eigenvalue weighted by Gasteiger charge is -2.16. The Hall–Kier alpha value is -4.07. The van der Waals surface area contributed by atoms with Crippen molar-refractivity contribution in [2.45, 2.75) is 33.1 Å². The van der Waals surface area contributed by atoms with Gasteiger partial charge in [-0.2, -0.15) is 0 Å². The molecular weight excluding hydrogens is 460 g/mol. The molecule has 188 valence electrons. The highest BCUT2D eigenvalue weighted by atomic mass is 16.6. The van der Waals surface area contributed by atoms with Crippen molar-refractivity contribution in [3.63, 3.8) is 0 Å². The molecule has 0 saturated carbocycles. The number of carboxylic acids is 1. The van der Waals surface area contributed by atoms with Crippen molar-refractivity contribution in [2.24, 2.45) is 0 Å². The highest BCUT2D eigenvalue weighted by molar-refractivity contribution is 5.83. The zero-order chi connectivity index (χ0) is 25.5. The third-order valence-electron chi connectivity index (χ3n) is 5.91. The van der Waals surface area contributed by atoms with E-state index in [2.05, 4.69) is 4.98 Å². The van der Waals surface area contributed by atoms with E-state index in [1.54, 1.807) is 0 Å². The third-order valence-corrected chi connectivity index (χ3v) is 5.91. The van der Waals surface area contributed by atoms with Crippen molar-refractivity contribution >= 4 is 17.6 Å². The van der Waals surface area contributed by atoms with Crippen LogP contribution in [0.2, 0.25) is 0 Å². The maximum atomic E-state index is 12.4. The van der Waals surface area contributed by atoms with E-state index in [1.165, 1.54) is 4.90 Å². The van der Waals surface area contributed by atoms with E-state index < -0.39 is 12.1 Å². The SMILES string of the molecule is CCCOC(=O)N1CC(CC(=O)O)=C(c2cccc(OCCc3nc(-c4ccccc4)oc3C)c2)C1. The van der Waals surface area contributed by atoms with Crippen molar-refractivity contribution < 1.29 is 28.6 Å². The van der Waals surface area contributed by atoms with Crippen LogP contribution in [0, 0.1) is 6.92 Å². The molecule has 0 bridgehead atoms. The molecule has 4 rings (SSSR count). The van der Waals surface area contributed by atoms with Crippen LogP contribution in [0.25, 0.3) is 17.0 Å². The average molecular weight is 491 g/mol. The lowest BCUT2D eigenvalue weighted by molar-refractivity contribution is -0.136. The Bertz CT molecular complexity index is 1250. The van der Waals surface area contributed by atoms with Crippen LogP contribution < -0.4 is 4.74 Å². The molecule has 0 atom stereocenters. The van der Waals surface area contributed by atoms with Gasteiger partial charge >= 0.3 is 12.1 Å². The Labute approximate surface area is 210 Å². The number of carbonyl (C=O) groups excluding carboxylic acids is 1. The molecule has 1 amide bonds. The second kappa shape index (κ2) is 11.6. The van der Waals surface area contributed by atoms with Crippen LogP contribution in [0.1, 0.15) is 36.8 Å². The van der Waals surface area contributed by atoms with Crippen LogP contribution in [-0.2, 0) is 16.0 Å². The van der Waals surface area contributed by atoms with Gasteiger partial charge in [0.15, 0.2) is 0 Å². The first kappa shape index (κ1) is 25.0. The average Bonchev–Trinajstić information content (AvgIpc) is 3.46. The lowest BCUT2D eigenvalue weighted by atomic mass is 10.0. The predicted octanol–water partition coefficient (Wildman–Crippen LogP) is 5.36. The second-order valence-corrected chi connectivity index (χ2v) is 8.64. The highest BCUT2D eigenvalue weighted by Crippen LogP contribution is 2.31. The van der Waals surface area contributed by atoms with Crippen LogP contribution in [0.3, 0.4) is 0 Å². The van der Waals surface area contributed by atoms with Crippen molar-refractivity contribution in [3.8, 4) is 17.2 Å². The summed E-state index contributed by atoms with van der Waals surface area (Å²) in [5, 5.41) is 9.37. The number of amides is 1. The van der Waals surface area contributed by atoms with E-state index in [0.717, 1.165) is 34.6 Å². The summed E-state index contributed by atoms with van der Waals surface area (Å²) in [4.78, 5) is 30.0. The van der Waals surface area contributed by atoms with Gasteiger partial charge in [-0.15, -0.1) is 0 Å². The quantitative estimate of drug-likeness (QED) is 0.408. The van der Waals surface area contributed by atoms with E-state index in [4.69, 9.17) is 13.9 Å². The lowest BCUT2D eigenvalue weighted by Crippen LogP contribution is -2.30. The standard InChI is InChI=1S/C28H30N2O6/c1-3-13-35-28(33)30-17-22(16-26(31)32)24(18-30)21-10-7-11-23(15-21)34-14-12-25-19(2)36-27(29-25)20-8-5-4-6-9-20/h4-11,15H,3,12-14,16-18H2,1-2H3,(H,31,32). The molecule has 8 nitrogen and oxygen atoms in total. The van der Waals surface area contributed by atoms with Crippen LogP contribution in [0.5, 0.6) is 5.75 Å². The van der Waals surface area contributed by atoms with Gasteiger partial charge in [0.25, 0.3) is 0 Å². The zero-order valence-electron chi connectivity index (χ0n) is 20.5. The zero-order valence-corrected chi connectivity index (χ0v) is 20.5. The fourth-order valence-electron chi connectivity index (χ4n) is 4.14. The summed E-state index contributed by atoms with van der Waals surface area (Å²) < 4.78 is 17.1. The van der Waals surface area contributed by atoms with Gasteiger partial charge in [-0.05, 0) is 54.3 Å². The number of carbonyl (C=O) groups is 2. The number of oxazole rings is 1. The maximum Gasteiger partial charge on any atom is 0.410 e. The molecule has 0 saturated heterocycles. The summed E-state index contributed by atoms with van der Waals surface area (Å²) in [6, 6.07) is 17.2. The Morgan fingerprint density at radius 2 is 1.83 bits per heavy atom. The first-order valence-corrected chi connectivity index (χ1v) is 12.0. The van der Waals surface area contributed by atoms with E-state index in [1.807, 2.05) is 68.4 Å². The van der Waals surface area contributed by atoms with Crippen molar-refractivity contribution in [1.29, 1.82) is 0 Å². The molecule has 2 aromatic carbocycles. The molecule has 1 aliphatic rings. The van der Waals surface area contributed by atoms with Gasteiger partial charge in [0, 0.05) is 25.1 Å². The number of aryl methyl sites for hydroxylation is 1. The van der Waals surface area contributed by atoms with Crippen LogP contribution in [0.4, 0.5) is 4.79 Å². The maximum absolute atomic E-state index is 12.4. The van der Waals surface area contributed by atoms with E-state index >= 15 is 0 Å². The first-order chi connectivity index (χ1) is 17.4. The Balaban J connectivity index is 1.43. The number of benzene rings is 2. The number of nitrogens with zero attached hydrogens (tertiary/aromatic N) is 2. The molecule has 0 fully saturated rings. The van der Waals surface area contributed by atoms with E-state index in [0.29, 0.717) is 43.4 Å². The topological polar surface area (TPSA) is 102 Å². The number of ether oxygens (including phenoxy) is 2. The number of carboxylic acid groups (broad SMARTS) is 1. The molecule has 0 unspecified atom stereocenters. The largest absolute Gasteiger partial charge is 0.493 e. The van der Waals surface area contributed by atoms with Gasteiger partial charge < -0.3 is 19.0 Å². The molecule has 1 N–H and O–H groups in total. The van der Waals surface area contributed by atoms with Crippen molar-refractivity contribution in [1.82, 2.24) is 9.88 Å². The normalized spacial score (nSPS) is 13.2. The molecule has 0 spiro atoms. The Morgan fingerprint density at radius 3 is 2.58 bits per heavy atom. The van der Waals surface area contributed by atoms with Crippen molar-refractivity contribution in [2.75, 3.05) is 26.3 Å². The minimum atomic E-state index is -0.934. The molecular formula is C28H30N2O6. The Kier molecular flexibility index (Phi) is 8.05. The minimum Gasteiger partial charge on any atom is -0.493 e. The van der Waals surface area contributed by atoms with Gasteiger partial charge in [0.2, 0.25) is 5.89 Å². The highest BCUT2D eigenvalue weighted by Gasteiger charge is 2.29. The molecule has 3 aromatic rings. The molecule has 1 aliphatic heterocycles. The molecule has 36 heavy (non-hydrogen) atoms. The van der Waals surface area contributed by atoms with Crippen LogP contribution >= 0.6 is 0 Å². The van der Waals surface area contributed by atoms with Gasteiger partial charge in [-0.1, -0.05) is 37.3 Å². The van der Waals surface area contributed by atoms with Gasteiger partial charge in [-0.25, -0.2) is 9.78 Å².